The highest BCUT2D eigenvalue weighted by Crippen LogP contribution is 2.36. The third-order valence-corrected chi connectivity index (χ3v) is 6.66. The number of aromatic amines is 1. The summed E-state index contributed by atoms with van der Waals surface area (Å²) in [4.78, 5) is 31.2. The highest BCUT2D eigenvalue weighted by atomic mass is 19.4. The summed E-state index contributed by atoms with van der Waals surface area (Å²) in [5.41, 5.74) is 1.41. The van der Waals surface area contributed by atoms with Crippen LogP contribution in [-0.4, -0.2) is 45.0 Å². The van der Waals surface area contributed by atoms with Gasteiger partial charge >= 0.3 is 6.18 Å². The molecule has 1 aliphatic rings. The molecular formula is C28H24F3N5O2. The van der Waals surface area contributed by atoms with Crippen molar-refractivity contribution in [1.29, 1.82) is 0 Å². The highest BCUT2D eigenvalue weighted by Gasteiger charge is 2.34. The first-order valence-corrected chi connectivity index (χ1v) is 12.1. The molecule has 2 aromatic heterocycles. The van der Waals surface area contributed by atoms with Crippen molar-refractivity contribution < 1.29 is 22.8 Å². The molecule has 10 heteroatoms. The first-order valence-electron chi connectivity index (χ1n) is 12.1. The number of benzene rings is 2. The number of aromatic nitrogens is 3. The van der Waals surface area contributed by atoms with E-state index in [4.69, 9.17) is 0 Å². The molecule has 5 rings (SSSR count). The van der Waals surface area contributed by atoms with E-state index in [1.165, 1.54) is 24.3 Å². The van der Waals surface area contributed by atoms with E-state index in [9.17, 15) is 22.8 Å². The van der Waals surface area contributed by atoms with Crippen LogP contribution in [0.4, 0.5) is 18.9 Å². The van der Waals surface area contributed by atoms with Crippen molar-refractivity contribution in [3.63, 3.8) is 0 Å². The molecule has 2 N–H and O–H groups in total. The van der Waals surface area contributed by atoms with Crippen LogP contribution in [0.25, 0.3) is 11.3 Å². The summed E-state index contributed by atoms with van der Waals surface area (Å²) in [6.07, 6.45) is 0.333. The van der Waals surface area contributed by atoms with Crippen LogP contribution >= 0.6 is 0 Å². The molecule has 2 aromatic carbocycles. The van der Waals surface area contributed by atoms with Crippen molar-refractivity contribution in [2.75, 3.05) is 18.4 Å². The van der Waals surface area contributed by atoms with Gasteiger partial charge in [0.25, 0.3) is 11.8 Å². The lowest BCUT2D eigenvalue weighted by molar-refractivity contribution is -0.137. The normalized spacial score (nSPS) is 14.3. The molecule has 7 nitrogen and oxygen atoms in total. The Morgan fingerprint density at radius 2 is 1.71 bits per heavy atom. The molecule has 0 saturated carbocycles. The van der Waals surface area contributed by atoms with Gasteiger partial charge in [0, 0.05) is 36.7 Å². The topological polar surface area (TPSA) is 91.0 Å². The van der Waals surface area contributed by atoms with Crippen LogP contribution in [-0.2, 0) is 6.18 Å². The summed E-state index contributed by atoms with van der Waals surface area (Å²) in [6.45, 7) is 1.30. The maximum atomic E-state index is 13.3. The van der Waals surface area contributed by atoms with Gasteiger partial charge in [-0.05, 0) is 60.7 Å². The minimum Gasteiger partial charge on any atom is -0.339 e. The van der Waals surface area contributed by atoms with E-state index in [1.807, 2.05) is 17.0 Å². The quantitative estimate of drug-likeness (QED) is 0.351. The van der Waals surface area contributed by atoms with Crippen LogP contribution in [0, 0.1) is 0 Å². The Morgan fingerprint density at radius 3 is 2.39 bits per heavy atom. The van der Waals surface area contributed by atoms with E-state index < -0.39 is 17.6 Å². The predicted octanol–water partition coefficient (Wildman–Crippen LogP) is 5.76. The van der Waals surface area contributed by atoms with E-state index >= 15 is 0 Å². The van der Waals surface area contributed by atoms with E-state index in [-0.39, 0.29) is 22.9 Å². The number of nitrogens with one attached hydrogen (secondary N) is 2. The number of likely N-dealkylation sites (tertiary alicyclic amines) is 1. The van der Waals surface area contributed by atoms with Crippen molar-refractivity contribution in [2.45, 2.75) is 24.9 Å². The Hall–Kier alpha value is -4.47. The molecule has 1 aliphatic heterocycles. The summed E-state index contributed by atoms with van der Waals surface area (Å²) in [5, 5.41) is 9.19. The van der Waals surface area contributed by atoms with Gasteiger partial charge in [-0.3, -0.25) is 19.7 Å². The zero-order valence-electron chi connectivity index (χ0n) is 20.2. The molecule has 0 unspecified atom stereocenters. The average Bonchev–Trinajstić information content (AvgIpc) is 3.44. The standard InChI is InChI=1S/C28H24F3N5O2/c29-28(30,31)23-6-2-1-5-22(23)24-16-25(35-34-24)26(37)33-21-9-7-18(8-10-21)19-11-14-36(15-12-19)27(38)20-4-3-13-32-17-20/h1-10,13,16-17,19H,11-12,14-15H2,(H,33,37)(H,34,35). The van der Waals surface area contributed by atoms with Gasteiger partial charge in [-0.25, -0.2) is 0 Å². The van der Waals surface area contributed by atoms with Gasteiger partial charge in [0.1, 0.15) is 5.69 Å². The Bertz CT molecular complexity index is 1430. The molecule has 0 aliphatic carbocycles. The predicted molar refractivity (Wildman–Crippen MR) is 136 cm³/mol. The summed E-state index contributed by atoms with van der Waals surface area (Å²) >= 11 is 0. The van der Waals surface area contributed by atoms with Gasteiger partial charge in [0.05, 0.1) is 16.8 Å². The summed E-state index contributed by atoms with van der Waals surface area (Å²) < 4.78 is 40.0. The molecular weight excluding hydrogens is 495 g/mol. The van der Waals surface area contributed by atoms with Gasteiger partial charge in [0.15, 0.2) is 0 Å². The number of H-pyrrole nitrogens is 1. The van der Waals surface area contributed by atoms with Crippen molar-refractivity contribution in [3.8, 4) is 11.3 Å². The second-order valence-electron chi connectivity index (χ2n) is 9.09. The maximum Gasteiger partial charge on any atom is 0.417 e. The van der Waals surface area contributed by atoms with Crippen LogP contribution in [0.5, 0.6) is 0 Å². The van der Waals surface area contributed by atoms with Crippen LogP contribution in [0.3, 0.4) is 0 Å². The van der Waals surface area contributed by atoms with Gasteiger partial charge in [-0.2, -0.15) is 18.3 Å². The van der Waals surface area contributed by atoms with E-state index in [0.717, 1.165) is 24.5 Å². The molecule has 0 atom stereocenters. The molecule has 194 valence electrons. The van der Waals surface area contributed by atoms with Crippen molar-refractivity contribution in [3.05, 3.63) is 102 Å². The minimum absolute atomic E-state index is 0.0153. The molecule has 0 bridgehead atoms. The molecule has 2 amide bonds. The molecule has 1 saturated heterocycles. The Morgan fingerprint density at radius 1 is 0.974 bits per heavy atom. The molecule has 0 radical (unpaired) electrons. The number of anilines is 1. The largest absolute Gasteiger partial charge is 0.417 e. The molecule has 38 heavy (non-hydrogen) atoms. The maximum absolute atomic E-state index is 13.3. The smallest absolute Gasteiger partial charge is 0.339 e. The fourth-order valence-corrected chi connectivity index (χ4v) is 4.65. The summed E-state index contributed by atoms with van der Waals surface area (Å²) in [7, 11) is 0. The average molecular weight is 520 g/mol. The first-order chi connectivity index (χ1) is 18.3. The number of rotatable bonds is 5. The zero-order valence-corrected chi connectivity index (χ0v) is 20.2. The number of amides is 2. The lowest BCUT2D eigenvalue weighted by atomic mass is 9.89. The van der Waals surface area contributed by atoms with Crippen LogP contribution in [0.1, 0.15) is 50.7 Å². The number of alkyl halides is 3. The van der Waals surface area contributed by atoms with Crippen LogP contribution in [0.15, 0.2) is 79.1 Å². The zero-order chi connectivity index (χ0) is 26.7. The Balaban J connectivity index is 1.19. The number of piperidine rings is 1. The van der Waals surface area contributed by atoms with Gasteiger partial charge in [-0.15, -0.1) is 0 Å². The number of carbonyl (C=O) groups excluding carboxylic acids is 2. The number of carbonyl (C=O) groups is 2. The van der Waals surface area contributed by atoms with Gasteiger partial charge in [0.2, 0.25) is 0 Å². The number of pyridine rings is 1. The van der Waals surface area contributed by atoms with Gasteiger partial charge in [-0.1, -0.05) is 30.3 Å². The lowest BCUT2D eigenvalue weighted by Gasteiger charge is -2.32. The number of nitrogens with zero attached hydrogens (tertiary/aromatic N) is 3. The number of hydrogen-bond acceptors (Lipinski definition) is 4. The van der Waals surface area contributed by atoms with E-state index in [2.05, 4.69) is 20.5 Å². The van der Waals surface area contributed by atoms with Crippen molar-refractivity contribution in [2.24, 2.45) is 0 Å². The number of halogens is 3. The number of hydrogen-bond donors (Lipinski definition) is 2. The second kappa shape index (κ2) is 10.5. The SMILES string of the molecule is O=C(Nc1ccc(C2CCN(C(=O)c3cccnc3)CC2)cc1)c1cc(-c2ccccc2C(F)(F)F)n[nH]1. The summed E-state index contributed by atoms with van der Waals surface area (Å²) in [6, 6.07) is 17.4. The van der Waals surface area contributed by atoms with Gasteiger partial charge < -0.3 is 10.2 Å². The van der Waals surface area contributed by atoms with Crippen LogP contribution in [0.2, 0.25) is 0 Å². The fourth-order valence-electron chi connectivity index (χ4n) is 4.65. The molecule has 3 heterocycles. The minimum atomic E-state index is -4.54. The highest BCUT2D eigenvalue weighted by molar-refractivity contribution is 6.03. The van der Waals surface area contributed by atoms with E-state index in [0.29, 0.717) is 30.3 Å². The van der Waals surface area contributed by atoms with Crippen LogP contribution < -0.4 is 5.32 Å². The monoisotopic (exact) mass is 519 g/mol. The molecule has 4 aromatic rings. The second-order valence-corrected chi connectivity index (χ2v) is 9.09. The lowest BCUT2D eigenvalue weighted by Crippen LogP contribution is -2.37. The summed E-state index contributed by atoms with van der Waals surface area (Å²) in [5.74, 6) is -0.233. The van der Waals surface area contributed by atoms with Crippen molar-refractivity contribution >= 4 is 17.5 Å². The molecule has 0 spiro atoms. The third-order valence-electron chi connectivity index (χ3n) is 6.66. The molecule has 1 fully saturated rings. The Kier molecular flexibility index (Phi) is 6.95. The Labute approximate surface area is 216 Å². The fraction of sp³-hybridized carbons (Fsp3) is 0.214. The third kappa shape index (κ3) is 5.44. The van der Waals surface area contributed by atoms with Crippen molar-refractivity contribution in [1.82, 2.24) is 20.1 Å². The van der Waals surface area contributed by atoms with E-state index in [1.54, 1.807) is 36.7 Å². The first kappa shape index (κ1) is 25.2.